The standard InChI is InChI=1S/C10H10BrNO/c1-2-6-13-10-8(7-12)4-3-5-9(10)11/h1,3-5H,6-7,12H2. The van der Waals surface area contributed by atoms with E-state index in [4.69, 9.17) is 16.9 Å². The van der Waals surface area contributed by atoms with Crippen LogP contribution in [-0.4, -0.2) is 6.61 Å². The Morgan fingerprint density at radius 3 is 2.92 bits per heavy atom. The van der Waals surface area contributed by atoms with Crippen molar-refractivity contribution in [2.75, 3.05) is 6.61 Å². The number of ether oxygens (including phenoxy) is 1. The number of para-hydroxylation sites is 1. The molecule has 0 aliphatic heterocycles. The normalized spacial score (nSPS) is 9.31. The van der Waals surface area contributed by atoms with Crippen molar-refractivity contribution in [3.63, 3.8) is 0 Å². The molecule has 0 aliphatic rings. The quantitative estimate of drug-likeness (QED) is 0.819. The zero-order valence-electron chi connectivity index (χ0n) is 7.09. The Labute approximate surface area is 86.2 Å². The summed E-state index contributed by atoms with van der Waals surface area (Å²) in [4.78, 5) is 0. The largest absolute Gasteiger partial charge is 0.479 e. The average Bonchev–Trinajstić information content (AvgIpc) is 2.15. The Bertz CT molecular complexity index is 330. The molecule has 0 unspecified atom stereocenters. The molecule has 0 saturated heterocycles. The van der Waals surface area contributed by atoms with Crippen LogP contribution in [0.1, 0.15) is 5.56 Å². The van der Waals surface area contributed by atoms with Gasteiger partial charge in [0.2, 0.25) is 0 Å². The van der Waals surface area contributed by atoms with Crippen LogP contribution in [0.25, 0.3) is 0 Å². The highest BCUT2D eigenvalue weighted by molar-refractivity contribution is 9.10. The van der Waals surface area contributed by atoms with Crippen LogP contribution in [0.2, 0.25) is 0 Å². The molecule has 1 aromatic carbocycles. The van der Waals surface area contributed by atoms with E-state index in [1.807, 2.05) is 18.2 Å². The first kappa shape index (κ1) is 10.1. The Morgan fingerprint density at radius 1 is 1.54 bits per heavy atom. The highest BCUT2D eigenvalue weighted by Crippen LogP contribution is 2.28. The summed E-state index contributed by atoms with van der Waals surface area (Å²) in [6.07, 6.45) is 5.10. The minimum absolute atomic E-state index is 0.260. The van der Waals surface area contributed by atoms with Crippen LogP contribution in [0.15, 0.2) is 22.7 Å². The number of halogens is 1. The summed E-state index contributed by atoms with van der Waals surface area (Å²) >= 11 is 3.37. The van der Waals surface area contributed by atoms with E-state index in [-0.39, 0.29) is 6.61 Å². The van der Waals surface area contributed by atoms with Gasteiger partial charge < -0.3 is 10.5 Å². The predicted octanol–water partition coefficient (Wildman–Crippen LogP) is 1.92. The minimum atomic E-state index is 0.260. The fraction of sp³-hybridized carbons (Fsp3) is 0.200. The lowest BCUT2D eigenvalue weighted by Crippen LogP contribution is -2.03. The van der Waals surface area contributed by atoms with E-state index in [1.165, 1.54) is 0 Å². The van der Waals surface area contributed by atoms with Crippen molar-refractivity contribution >= 4 is 15.9 Å². The third-order valence-corrected chi connectivity index (χ3v) is 2.19. The highest BCUT2D eigenvalue weighted by Gasteiger charge is 2.05. The van der Waals surface area contributed by atoms with E-state index in [1.54, 1.807) is 0 Å². The summed E-state index contributed by atoms with van der Waals surface area (Å²) in [5.74, 6) is 3.15. The van der Waals surface area contributed by atoms with Gasteiger partial charge >= 0.3 is 0 Å². The molecule has 0 bridgehead atoms. The second-order valence-electron chi connectivity index (χ2n) is 2.43. The van der Waals surface area contributed by atoms with Crippen molar-refractivity contribution in [1.29, 1.82) is 0 Å². The number of nitrogens with two attached hydrogens (primary N) is 1. The van der Waals surface area contributed by atoms with Crippen LogP contribution in [0, 0.1) is 12.3 Å². The van der Waals surface area contributed by atoms with Crippen molar-refractivity contribution in [2.24, 2.45) is 5.73 Å². The minimum Gasteiger partial charge on any atom is -0.479 e. The van der Waals surface area contributed by atoms with Gasteiger partial charge in [-0.05, 0) is 22.0 Å². The average molecular weight is 240 g/mol. The molecule has 0 heterocycles. The summed E-state index contributed by atoms with van der Waals surface area (Å²) < 4.78 is 6.23. The summed E-state index contributed by atoms with van der Waals surface area (Å²) in [6, 6.07) is 5.72. The molecule has 3 heteroatoms. The maximum absolute atomic E-state index is 5.54. The lowest BCUT2D eigenvalue weighted by Gasteiger charge is -2.09. The van der Waals surface area contributed by atoms with E-state index in [9.17, 15) is 0 Å². The van der Waals surface area contributed by atoms with Crippen LogP contribution < -0.4 is 10.5 Å². The maximum atomic E-state index is 5.54. The Kier molecular flexibility index (Phi) is 3.81. The Hall–Kier alpha value is -0.980. The second-order valence-corrected chi connectivity index (χ2v) is 3.28. The smallest absolute Gasteiger partial charge is 0.148 e. The summed E-state index contributed by atoms with van der Waals surface area (Å²) in [5.41, 5.74) is 6.49. The highest BCUT2D eigenvalue weighted by atomic mass is 79.9. The van der Waals surface area contributed by atoms with E-state index in [2.05, 4.69) is 21.9 Å². The third-order valence-electron chi connectivity index (χ3n) is 1.57. The van der Waals surface area contributed by atoms with E-state index in [0.717, 1.165) is 15.8 Å². The van der Waals surface area contributed by atoms with Crippen LogP contribution in [-0.2, 0) is 6.54 Å². The first-order valence-corrected chi connectivity index (χ1v) is 4.62. The maximum Gasteiger partial charge on any atom is 0.148 e. The topological polar surface area (TPSA) is 35.2 Å². The summed E-state index contributed by atoms with van der Waals surface area (Å²) in [5, 5.41) is 0. The van der Waals surface area contributed by atoms with Crippen molar-refractivity contribution < 1.29 is 4.74 Å². The Balaban J connectivity index is 2.95. The van der Waals surface area contributed by atoms with Crippen molar-refractivity contribution in [3.05, 3.63) is 28.2 Å². The van der Waals surface area contributed by atoms with Crippen LogP contribution in [0.4, 0.5) is 0 Å². The number of hydrogen-bond donors (Lipinski definition) is 1. The van der Waals surface area contributed by atoms with Crippen molar-refractivity contribution in [2.45, 2.75) is 6.54 Å². The van der Waals surface area contributed by atoms with E-state index >= 15 is 0 Å². The summed E-state index contributed by atoms with van der Waals surface area (Å²) in [7, 11) is 0. The van der Waals surface area contributed by atoms with Gasteiger partial charge in [0.05, 0.1) is 4.47 Å². The lowest BCUT2D eigenvalue weighted by atomic mass is 10.2. The van der Waals surface area contributed by atoms with Gasteiger partial charge in [0.25, 0.3) is 0 Å². The third kappa shape index (κ3) is 2.48. The van der Waals surface area contributed by atoms with Crippen LogP contribution in [0.3, 0.4) is 0 Å². The van der Waals surface area contributed by atoms with Gasteiger partial charge in [0, 0.05) is 12.1 Å². The van der Waals surface area contributed by atoms with Gasteiger partial charge in [-0.1, -0.05) is 18.1 Å². The molecule has 0 radical (unpaired) electrons. The number of benzene rings is 1. The van der Waals surface area contributed by atoms with Crippen molar-refractivity contribution in [1.82, 2.24) is 0 Å². The van der Waals surface area contributed by atoms with Gasteiger partial charge in [0.15, 0.2) is 0 Å². The van der Waals surface area contributed by atoms with Gasteiger partial charge in [-0.25, -0.2) is 0 Å². The molecule has 0 amide bonds. The molecule has 2 nitrogen and oxygen atoms in total. The molecule has 1 aromatic rings. The van der Waals surface area contributed by atoms with Crippen LogP contribution >= 0.6 is 15.9 Å². The first-order valence-electron chi connectivity index (χ1n) is 3.83. The van der Waals surface area contributed by atoms with Gasteiger partial charge in [-0.15, -0.1) is 6.42 Å². The molecule has 0 atom stereocenters. The molecule has 0 saturated carbocycles. The number of terminal acetylenes is 1. The van der Waals surface area contributed by atoms with Crippen molar-refractivity contribution in [3.8, 4) is 18.1 Å². The second kappa shape index (κ2) is 4.90. The molecular formula is C10H10BrNO. The van der Waals surface area contributed by atoms with E-state index in [0.29, 0.717) is 6.54 Å². The number of rotatable bonds is 3. The molecule has 0 aliphatic carbocycles. The van der Waals surface area contributed by atoms with Gasteiger partial charge in [-0.2, -0.15) is 0 Å². The fourth-order valence-corrected chi connectivity index (χ4v) is 1.51. The zero-order valence-corrected chi connectivity index (χ0v) is 8.67. The number of hydrogen-bond acceptors (Lipinski definition) is 2. The Morgan fingerprint density at radius 2 is 2.31 bits per heavy atom. The first-order chi connectivity index (χ1) is 6.29. The van der Waals surface area contributed by atoms with E-state index < -0.39 is 0 Å². The predicted molar refractivity (Wildman–Crippen MR) is 56.4 cm³/mol. The summed E-state index contributed by atoms with van der Waals surface area (Å²) in [6.45, 7) is 0.703. The lowest BCUT2D eigenvalue weighted by molar-refractivity contribution is 0.364. The molecule has 68 valence electrons. The molecular weight excluding hydrogens is 230 g/mol. The van der Waals surface area contributed by atoms with Gasteiger partial charge in [-0.3, -0.25) is 0 Å². The molecule has 1 rings (SSSR count). The molecule has 0 spiro atoms. The molecule has 2 N–H and O–H groups in total. The SMILES string of the molecule is C#CCOc1c(Br)cccc1CN. The molecule has 0 aromatic heterocycles. The van der Waals surface area contributed by atoms with Gasteiger partial charge in [0.1, 0.15) is 12.4 Å². The monoisotopic (exact) mass is 239 g/mol. The molecule has 0 fully saturated rings. The molecule has 13 heavy (non-hydrogen) atoms. The zero-order chi connectivity index (χ0) is 9.68. The van der Waals surface area contributed by atoms with Crippen LogP contribution in [0.5, 0.6) is 5.75 Å². The fourth-order valence-electron chi connectivity index (χ4n) is 0.990.